The number of non-ortho nitro benzene ring substituents is 1. The molecule has 0 bridgehead atoms. The molecule has 8 nitrogen and oxygen atoms in total. The summed E-state index contributed by atoms with van der Waals surface area (Å²) in [6.07, 6.45) is 3.27. The summed E-state index contributed by atoms with van der Waals surface area (Å²) >= 11 is 1.40. The minimum absolute atomic E-state index is 0.0461. The molecule has 0 aromatic heterocycles. The Morgan fingerprint density at radius 3 is 2.50 bits per heavy atom. The molecule has 1 N–H and O–H groups in total. The number of hydrogen-bond donors (Lipinski definition) is 1. The smallest absolute Gasteiger partial charge is 0.269 e. The van der Waals surface area contributed by atoms with Crippen LogP contribution in [0.15, 0.2) is 58.2 Å². The second-order valence-electron chi connectivity index (χ2n) is 8.36. The van der Waals surface area contributed by atoms with E-state index < -0.39 is 4.92 Å². The molecular formula is C27H28N2O6S. The first kappa shape index (κ1) is 25.5. The number of benzene rings is 2. The molecule has 1 unspecified atom stereocenters. The Hall–Kier alpha value is -3.56. The van der Waals surface area contributed by atoms with Crippen LogP contribution in [0.1, 0.15) is 29.2 Å². The SMILES string of the molecule is COc1cc2c(c(OC)c1OC)-c1ccc(SC)c(=O)cc1C(NCc1cccc([N+](=O)[O-])c1)CC2. The summed E-state index contributed by atoms with van der Waals surface area (Å²) < 4.78 is 17.1. The van der Waals surface area contributed by atoms with Gasteiger partial charge in [-0.2, -0.15) is 0 Å². The molecule has 3 aromatic carbocycles. The third-order valence-corrected chi connectivity index (χ3v) is 7.17. The average molecular weight is 509 g/mol. The molecule has 0 saturated heterocycles. The van der Waals surface area contributed by atoms with Gasteiger partial charge in [-0.05, 0) is 59.6 Å². The van der Waals surface area contributed by atoms with Gasteiger partial charge < -0.3 is 19.5 Å². The highest BCUT2D eigenvalue weighted by Gasteiger charge is 2.29. The van der Waals surface area contributed by atoms with Gasteiger partial charge in [0.1, 0.15) is 0 Å². The van der Waals surface area contributed by atoms with Crippen molar-refractivity contribution in [3.05, 3.63) is 85.6 Å². The first-order valence-corrected chi connectivity index (χ1v) is 12.7. The lowest BCUT2D eigenvalue weighted by molar-refractivity contribution is -0.384. The molecule has 0 saturated carbocycles. The van der Waals surface area contributed by atoms with Crippen LogP contribution >= 0.6 is 11.8 Å². The van der Waals surface area contributed by atoms with E-state index in [4.69, 9.17) is 14.2 Å². The minimum Gasteiger partial charge on any atom is -0.493 e. The van der Waals surface area contributed by atoms with Gasteiger partial charge >= 0.3 is 0 Å². The summed E-state index contributed by atoms with van der Waals surface area (Å²) in [4.78, 5) is 24.5. The fraction of sp³-hybridized carbons (Fsp3) is 0.296. The van der Waals surface area contributed by atoms with E-state index in [-0.39, 0.29) is 17.2 Å². The van der Waals surface area contributed by atoms with Gasteiger partial charge in [0, 0.05) is 30.3 Å². The highest BCUT2D eigenvalue weighted by atomic mass is 32.2. The van der Waals surface area contributed by atoms with E-state index >= 15 is 0 Å². The third kappa shape index (κ3) is 4.89. The molecule has 188 valence electrons. The Morgan fingerprint density at radius 2 is 1.83 bits per heavy atom. The first-order valence-electron chi connectivity index (χ1n) is 11.4. The van der Waals surface area contributed by atoms with Crippen LogP contribution in [0.25, 0.3) is 11.1 Å². The van der Waals surface area contributed by atoms with E-state index in [1.54, 1.807) is 39.5 Å². The maximum atomic E-state index is 13.1. The Morgan fingerprint density at radius 1 is 1.06 bits per heavy atom. The summed E-state index contributed by atoms with van der Waals surface area (Å²) in [7, 11) is 4.75. The molecular weight excluding hydrogens is 480 g/mol. The maximum Gasteiger partial charge on any atom is 0.269 e. The van der Waals surface area contributed by atoms with Crippen LogP contribution in [0.2, 0.25) is 0 Å². The van der Waals surface area contributed by atoms with Crippen molar-refractivity contribution in [2.24, 2.45) is 0 Å². The number of fused-ring (bicyclic) bond motifs is 3. The summed E-state index contributed by atoms with van der Waals surface area (Å²) in [6.45, 7) is 0.411. The van der Waals surface area contributed by atoms with Gasteiger partial charge in [-0.15, -0.1) is 11.8 Å². The number of nitro benzene ring substituents is 1. The molecule has 0 radical (unpaired) electrons. The van der Waals surface area contributed by atoms with E-state index in [1.165, 1.54) is 17.8 Å². The summed E-state index contributed by atoms with van der Waals surface area (Å²) in [6, 6.07) is 13.8. The Kier molecular flexibility index (Phi) is 7.81. The fourth-order valence-corrected chi connectivity index (χ4v) is 5.16. The fourth-order valence-electron chi connectivity index (χ4n) is 4.70. The van der Waals surface area contributed by atoms with Crippen molar-refractivity contribution >= 4 is 17.4 Å². The molecule has 0 amide bonds. The highest BCUT2D eigenvalue weighted by Crippen LogP contribution is 2.50. The molecule has 0 spiro atoms. The van der Waals surface area contributed by atoms with E-state index in [0.717, 1.165) is 27.8 Å². The number of ether oxygens (including phenoxy) is 3. The van der Waals surface area contributed by atoms with Crippen LogP contribution in [0.3, 0.4) is 0 Å². The Balaban J connectivity index is 1.86. The van der Waals surface area contributed by atoms with Crippen LogP contribution in [0.5, 0.6) is 17.2 Å². The number of nitro groups is 1. The molecule has 1 aliphatic rings. The largest absolute Gasteiger partial charge is 0.493 e. The summed E-state index contributed by atoms with van der Waals surface area (Å²) in [5.74, 6) is 1.62. The minimum atomic E-state index is -0.401. The van der Waals surface area contributed by atoms with Crippen LogP contribution in [-0.2, 0) is 13.0 Å². The zero-order chi connectivity index (χ0) is 25.8. The quantitative estimate of drug-likeness (QED) is 0.253. The van der Waals surface area contributed by atoms with E-state index in [1.807, 2.05) is 30.5 Å². The number of methoxy groups -OCH3 is 3. The van der Waals surface area contributed by atoms with Gasteiger partial charge in [-0.3, -0.25) is 14.9 Å². The number of hydrogen-bond acceptors (Lipinski definition) is 8. The molecule has 3 aromatic rings. The average Bonchev–Trinajstić information content (AvgIpc) is 3.14. The normalized spacial score (nSPS) is 14.3. The standard InChI is InChI=1S/C27H28N2O6S/c1-33-23-13-17-8-10-21(28-15-16-6-5-7-18(12-16)29(31)32)20-14-22(30)24(36-4)11-9-19(20)25(17)27(35-3)26(23)34-2/h5-7,9,11-14,21,28H,8,10,15H2,1-4H3. The lowest BCUT2D eigenvalue weighted by atomic mass is 9.95. The second-order valence-corrected chi connectivity index (χ2v) is 9.21. The van der Waals surface area contributed by atoms with E-state index in [2.05, 4.69) is 5.32 Å². The van der Waals surface area contributed by atoms with Crippen LogP contribution in [0, 0.1) is 10.1 Å². The van der Waals surface area contributed by atoms with Crippen LogP contribution in [-0.4, -0.2) is 32.5 Å². The zero-order valence-electron chi connectivity index (χ0n) is 20.6. The lowest BCUT2D eigenvalue weighted by Gasteiger charge is -2.20. The number of thioether (sulfide) groups is 1. The van der Waals surface area contributed by atoms with E-state index in [9.17, 15) is 14.9 Å². The predicted molar refractivity (Wildman–Crippen MR) is 141 cm³/mol. The molecule has 9 heteroatoms. The Labute approximate surface area is 213 Å². The number of aryl methyl sites for hydroxylation is 1. The van der Waals surface area contributed by atoms with Gasteiger partial charge in [-0.25, -0.2) is 0 Å². The van der Waals surface area contributed by atoms with E-state index in [0.29, 0.717) is 41.5 Å². The lowest BCUT2D eigenvalue weighted by Crippen LogP contribution is -2.22. The Bertz CT molecular complexity index is 1360. The van der Waals surface area contributed by atoms with Crippen LogP contribution < -0.4 is 25.0 Å². The molecule has 0 fully saturated rings. The monoisotopic (exact) mass is 508 g/mol. The molecule has 0 heterocycles. The first-order chi connectivity index (χ1) is 17.4. The van der Waals surface area contributed by atoms with Gasteiger partial charge in [-0.1, -0.05) is 18.2 Å². The van der Waals surface area contributed by atoms with Crippen molar-refractivity contribution in [1.82, 2.24) is 5.32 Å². The predicted octanol–water partition coefficient (Wildman–Crippen LogP) is 5.15. The van der Waals surface area contributed by atoms with Gasteiger partial charge in [0.15, 0.2) is 16.9 Å². The zero-order valence-corrected chi connectivity index (χ0v) is 21.4. The molecule has 1 atom stereocenters. The van der Waals surface area contributed by atoms with Gasteiger partial charge in [0.2, 0.25) is 5.75 Å². The molecule has 1 aliphatic carbocycles. The number of nitrogens with zero attached hydrogens (tertiary/aromatic N) is 1. The van der Waals surface area contributed by atoms with Crippen molar-refractivity contribution in [3.8, 4) is 28.4 Å². The molecule has 0 aliphatic heterocycles. The number of rotatable bonds is 8. The topological polar surface area (TPSA) is 99.9 Å². The second kappa shape index (κ2) is 11.0. The number of nitrogens with one attached hydrogen (secondary N) is 1. The summed E-state index contributed by atoms with van der Waals surface area (Å²) in [5, 5.41) is 14.7. The van der Waals surface area contributed by atoms with Gasteiger partial charge in [0.05, 0.1) is 31.1 Å². The third-order valence-electron chi connectivity index (χ3n) is 6.39. The van der Waals surface area contributed by atoms with Crippen molar-refractivity contribution in [1.29, 1.82) is 0 Å². The molecule has 36 heavy (non-hydrogen) atoms. The van der Waals surface area contributed by atoms with Crippen molar-refractivity contribution in [3.63, 3.8) is 0 Å². The highest BCUT2D eigenvalue weighted by molar-refractivity contribution is 7.98. The summed E-state index contributed by atoms with van der Waals surface area (Å²) in [5.41, 5.74) is 4.38. The van der Waals surface area contributed by atoms with Crippen molar-refractivity contribution < 1.29 is 19.1 Å². The van der Waals surface area contributed by atoms with Crippen molar-refractivity contribution in [2.45, 2.75) is 30.3 Å². The molecule has 4 rings (SSSR count). The van der Waals surface area contributed by atoms with Gasteiger partial charge in [0.25, 0.3) is 5.69 Å². The van der Waals surface area contributed by atoms with Crippen molar-refractivity contribution in [2.75, 3.05) is 27.6 Å². The maximum absolute atomic E-state index is 13.1. The van der Waals surface area contributed by atoms with Crippen LogP contribution in [0.4, 0.5) is 5.69 Å².